The molecule has 1 aliphatic heterocycles. The van der Waals surface area contributed by atoms with Crippen molar-refractivity contribution in [2.24, 2.45) is 0 Å². The molecule has 25 heavy (non-hydrogen) atoms. The first-order chi connectivity index (χ1) is 12.0. The molecule has 132 valence electrons. The molecule has 5 heteroatoms. The van der Waals surface area contributed by atoms with Gasteiger partial charge >= 0.3 is 0 Å². The monoisotopic (exact) mass is 358 g/mol. The van der Waals surface area contributed by atoms with E-state index in [2.05, 4.69) is 36.2 Å². The second-order valence-electron chi connectivity index (χ2n) is 6.68. The van der Waals surface area contributed by atoms with E-state index in [9.17, 15) is 4.39 Å². The fourth-order valence-electron chi connectivity index (χ4n) is 3.19. The van der Waals surface area contributed by atoms with Crippen LogP contribution in [0.15, 0.2) is 42.5 Å². The summed E-state index contributed by atoms with van der Waals surface area (Å²) in [7, 11) is 0. The molecule has 3 rings (SSSR count). The van der Waals surface area contributed by atoms with Crippen LogP contribution in [0.2, 0.25) is 0 Å². The van der Waals surface area contributed by atoms with Gasteiger partial charge in [-0.25, -0.2) is 4.39 Å². The highest BCUT2D eigenvalue weighted by Crippen LogP contribution is 2.18. The van der Waals surface area contributed by atoms with Crippen molar-refractivity contribution >= 4 is 23.0 Å². The van der Waals surface area contributed by atoms with Gasteiger partial charge in [0.2, 0.25) is 0 Å². The zero-order chi connectivity index (χ0) is 17.8. The predicted molar refractivity (Wildman–Crippen MR) is 105 cm³/mol. The third-order valence-electron chi connectivity index (χ3n) is 5.00. The number of hydrogen-bond acceptors (Lipinski definition) is 1. The van der Waals surface area contributed by atoms with Crippen LogP contribution in [0.4, 0.5) is 10.1 Å². The topological polar surface area (TPSA) is 19.7 Å². The van der Waals surface area contributed by atoms with Crippen LogP contribution in [0, 0.1) is 19.7 Å². The third-order valence-corrected chi connectivity index (χ3v) is 5.36. The largest absolute Gasteiger partial charge is 0.338 e. The Kier molecular flexibility index (Phi) is 5.66. The fraction of sp³-hybridized carbons (Fsp3) is 0.350. The number of quaternary nitrogens is 1. The number of hydrogen-bond donors (Lipinski definition) is 2. The predicted octanol–water partition coefficient (Wildman–Crippen LogP) is 2.54. The van der Waals surface area contributed by atoms with Gasteiger partial charge in [-0.15, -0.1) is 0 Å². The normalized spacial score (nSPS) is 15.2. The van der Waals surface area contributed by atoms with Gasteiger partial charge < -0.3 is 15.1 Å². The van der Waals surface area contributed by atoms with E-state index in [1.54, 1.807) is 6.07 Å². The van der Waals surface area contributed by atoms with Gasteiger partial charge in [0.25, 0.3) is 0 Å². The summed E-state index contributed by atoms with van der Waals surface area (Å²) in [5, 5.41) is 4.16. The van der Waals surface area contributed by atoms with Crippen LogP contribution in [-0.2, 0) is 6.54 Å². The maximum absolute atomic E-state index is 13.8. The first-order valence-corrected chi connectivity index (χ1v) is 9.14. The van der Waals surface area contributed by atoms with E-state index >= 15 is 0 Å². The molecule has 2 N–H and O–H groups in total. The first-order valence-electron chi connectivity index (χ1n) is 8.73. The summed E-state index contributed by atoms with van der Waals surface area (Å²) < 4.78 is 13.8. The van der Waals surface area contributed by atoms with E-state index in [-0.39, 0.29) is 5.82 Å². The first kappa shape index (κ1) is 17.8. The van der Waals surface area contributed by atoms with Crippen molar-refractivity contribution in [2.45, 2.75) is 20.4 Å². The maximum atomic E-state index is 13.8. The van der Waals surface area contributed by atoms with Gasteiger partial charge in [0.15, 0.2) is 5.11 Å². The molecular formula is C20H25FN3S+. The van der Waals surface area contributed by atoms with E-state index in [0.29, 0.717) is 0 Å². The number of halogens is 1. The molecule has 0 atom stereocenters. The molecule has 1 fully saturated rings. The quantitative estimate of drug-likeness (QED) is 0.823. The Hall–Kier alpha value is -1.98. The molecule has 0 radical (unpaired) electrons. The molecular weight excluding hydrogens is 333 g/mol. The smallest absolute Gasteiger partial charge is 0.173 e. The lowest BCUT2D eigenvalue weighted by molar-refractivity contribution is -0.917. The number of aryl methyl sites for hydroxylation is 1. The van der Waals surface area contributed by atoms with Gasteiger partial charge in [-0.3, -0.25) is 0 Å². The zero-order valence-electron chi connectivity index (χ0n) is 14.8. The van der Waals surface area contributed by atoms with E-state index in [1.807, 2.05) is 18.2 Å². The Morgan fingerprint density at radius 1 is 1.12 bits per heavy atom. The lowest BCUT2D eigenvalue weighted by Gasteiger charge is -2.34. The number of thiocarbonyl (C=S) groups is 1. The number of anilines is 1. The van der Waals surface area contributed by atoms with Crippen molar-refractivity contribution in [3.8, 4) is 0 Å². The molecule has 0 spiro atoms. The van der Waals surface area contributed by atoms with Gasteiger partial charge in [0.05, 0.1) is 26.2 Å². The Balaban J connectivity index is 1.54. The van der Waals surface area contributed by atoms with Crippen molar-refractivity contribution in [1.82, 2.24) is 4.90 Å². The lowest BCUT2D eigenvalue weighted by Crippen LogP contribution is -3.13. The summed E-state index contributed by atoms with van der Waals surface area (Å²) in [4.78, 5) is 3.61. The molecule has 0 amide bonds. The fourth-order valence-corrected chi connectivity index (χ4v) is 3.49. The molecule has 2 aromatic carbocycles. The minimum atomic E-state index is -0.107. The molecule has 0 unspecified atom stereocenters. The van der Waals surface area contributed by atoms with Crippen LogP contribution in [0.3, 0.4) is 0 Å². The summed E-state index contributed by atoms with van der Waals surface area (Å²) >= 11 is 5.59. The SMILES string of the molecule is Cc1cccc(NC(=S)N2CC[NH+](Cc3ccccc3F)CC2)c1C. The molecule has 0 aromatic heterocycles. The molecule has 3 nitrogen and oxygen atoms in total. The van der Waals surface area contributed by atoms with E-state index in [1.165, 1.54) is 22.1 Å². The minimum absolute atomic E-state index is 0.107. The molecule has 1 saturated heterocycles. The van der Waals surface area contributed by atoms with Crippen LogP contribution >= 0.6 is 12.2 Å². The number of nitrogens with zero attached hydrogens (tertiary/aromatic N) is 1. The Labute approximate surface area is 154 Å². The Morgan fingerprint density at radius 2 is 1.84 bits per heavy atom. The van der Waals surface area contributed by atoms with E-state index in [0.717, 1.165) is 49.1 Å². The molecule has 0 aliphatic carbocycles. The van der Waals surface area contributed by atoms with Crippen molar-refractivity contribution in [2.75, 3.05) is 31.5 Å². The number of piperazine rings is 1. The van der Waals surface area contributed by atoms with E-state index in [4.69, 9.17) is 12.2 Å². The summed E-state index contributed by atoms with van der Waals surface area (Å²) in [5.41, 5.74) is 4.36. The molecule has 1 aliphatic rings. The number of rotatable bonds is 3. The average molecular weight is 359 g/mol. The standard InChI is InChI=1S/C20H24FN3S/c1-15-6-5-9-19(16(15)2)22-20(25)24-12-10-23(11-13-24)14-17-7-3-4-8-18(17)21/h3-9H,10-14H2,1-2H3,(H,22,25)/p+1. The highest BCUT2D eigenvalue weighted by Gasteiger charge is 2.23. The van der Waals surface area contributed by atoms with Crippen LogP contribution in [0.1, 0.15) is 16.7 Å². The van der Waals surface area contributed by atoms with Crippen molar-refractivity contribution in [3.05, 3.63) is 65.0 Å². The third kappa shape index (κ3) is 4.35. The van der Waals surface area contributed by atoms with Crippen molar-refractivity contribution in [3.63, 3.8) is 0 Å². The van der Waals surface area contributed by atoms with Crippen LogP contribution in [-0.4, -0.2) is 36.2 Å². The zero-order valence-corrected chi connectivity index (χ0v) is 15.6. The molecule has 2 aromatic rings. The summed E-state index contributed by atoms with van der Waals surface area (Å²) in [6.07, 6.45) is 0. The van der Waals surface area contributed by atoms with Gasteiger partial charge in [-0.1, -0.05) is 30.3 Å². The number of benzene rings is 2. The molecule has 0 bridgehead atoms. The van der Waals surface area contributed by atoms with Gasteiger partial charge in [0.1, 0.15) is 12.4 Å². The minimum Gasteiger partial charge on any atom is -0.338 e. The highest BCUT2D eigenvalue weighted by atomic mass is 32.1. The lowest BCUT2D eigenvalue weighted by atomic mass is 10.1. The second-order valence-corrected chi connectivity index (χ2v) is 7.07. The van der Waals surface area contributed by atoms with Crippen molar-refractivity contribution < 1.29 is 9.29 Å². The molecule has 1 heterocycles. The summed E-state index contributed by atoms with van der Waals surface area (Å²) in [5.74, 6) is -0.107. The van der Waals surface area contributed by atoms with Gasteiger partial charge in [-0.05, 0) is 49.3 Å². The van der Waals surface area contributed by atoms with Crippen LogP contribution in [0.5, 0.6) is 0 Å². The molecule has 0 saturated carbocycles. The second kappa shape index (κ2) is 7.93. The Morgan fingerprint density at radius 3 is 2.56 bits per heavy atom. The van der Waals surface area contributed by atoms with E-state index < -0.39 is 0 Å². The average Bonchev–Trinajstić information content (AvgIpc) is 2.61. The van der Waals surface area contributed by atoms with Crippen molar-refractivity contribution in [1.29, 1.82) is 0 Å². The van der Waals surface area contributed by atoms with Gasteiger partial charge in [-0.2, -0.15) is 0 Å². The summed E-state index contributed by atoms with van der Waals surface area (Å²) in [6.45, 7) is 8.65. The van der Waals surface area contributed by atoms with Crippen LogP contribution < -0.4 is 10.2 Å². The maximum Gasteiger partial charge on any atom is 0.173 e. The highest BCUT2D eigenvalue weighted by molar-refractivity contribution is 7.80. The van der Waals surface area contributed by atoms with Crippen LogP contribution in [0.25, 0.3) is 0 Å². The number of nitrogens with one attached hydrogen (secondary N) is 2. The Bertz CT molecular complexity index is 754. The summed E-state index contributed by atoms with van der Waals surface area (Å²) in [6, 6.07) is 13.3. The van der Waals surface area contributed by atoms with Gasteiger partial charge in [0, 0.05) is 11.3 Å².